The smallest absolute Gasteiger partial charge is 0.337 e. The van der Waals surface area contributed by atoms with Crippen LogP contribution in [-0.2, 0) is 23.1 Å². The van der Waals surface area contributed by atoms with E-state index in [0.717, 1.165) is 4.57 Å². The summed E-state index contributed by atoms with van der Waals surface area (Å²) < 4.78 is 2.33. The van der Waals surface area contributed by atoms with Gasteiger partial charge in [-0.25, -0.2) is 19.1 Å². The number of aliphatic carboxylic acids is 1. The molecule has 0 saturated heterocycles. The number of aromatic nitrogens is 3. The first-order chi connectivity index (χ1) is 13.3. The van der Waals surface area contributed by atoms with Crippen LogP contribution < -0.4 is 16.6 Å². The SMILES string of the molecule is CC(=O)N[C@@H](Cc1ccc(-n2c(=O)c3ccccc3n(C)c2=O)nc1)C(=O)O. The van der Waals surface area contributed by atoms with Crippen molar-refractivity contribution < 1.29 is 14.7 Å². The lowest BCUT2D eigenvalue weighted by molar-refractivity contribution is -0.141. The Morgan fingerprint density at radius 3 is 2.50 bits per heavy atom. The molecule has 1 aromatic carbocycles. The second kappa shape index (κ2) is 7.47. The van der Waals surface area contributed by atoms with Gasteiger partial charge in [0.25, 0.3) is 5.56 Å². The molecule has 2 aromatic heterocycles. The Balaban J connectivity index is 2.01. The molecule has 3 aromatic rings. The van der Waals surface area contributed by atoms with E-state index in [9.17, 15) is 24.3 Å². The van der Waals surface area contributed by atoms with E-state index in [1.165, 1.54) is 23.8 Å². The van der Waals surface area contributed by atoms with Gasteiger partial charge in [-0.1, -0.05) is 18.2 Å². The third-order valence-corrected chi connectivity index (χ3v) is 4.33. The highest BCUT2D eigenvalue weighted by Crippen LogP contribution is 2.09. The molecule has 1 atom stereocenters. The predicted octanol–water partition coefficient (Wildman–Crippen LogP) is 0.216. The molecule has 0 aliphatic heterocycles. The molecular formula is C19H18N4O5. The number of pyridine rings is 1. The molecule has 0 bridgehead atoms. The number of rotatable bonds is 5. The molecule has 0 unspecified atom stereocenters. The van der Waals surface area contributed by atoms with Crippen LogP contribution in [0, 0.1) is 0 Å². The maximum Gasteiger partial charge on any atom is 0.337 e. The van der Waals surface area contributed by atoms with Crippen molar-refractivity contribution in [2.24, 2.45) is 7.05 Å². The number of carboxylic acids is 1. The van der Waals surface area contributed by atoms with Crippen molar-refractivity contribution in [2.75, 3.05) is 0 Å². The van der Waals surface area contributed by atoms with Gasteiger partial charge in [0, 0.05) is 26.6 Å². The molecule has 28 heavy (non-hydrogen) atoms. The van der Waals surface area contributed by atoms with E-state index in [1.807, 2.05) is 0 Å². The van der Waals surface area contributed by atoms with Crippen LogP contribution in [0.15, 0.2) is 52.2 Å². The molecular weight excluding hydrogens is 364 g/mol. The van der Waals surface area contributed by atoms with E-state index in [2.05, 4.69) is 10.3 Å². The third kappa shape index (κ3) is 3.54. The molecule has 0 aliphatic rings. The molecule has 3 rings (SSSR count). The summed E-state index contributed by atoms with van der Waals surface area (Å²) in [6.07, 6.45) is 1.40. The average Bonchev–Trinajstić information content (AvgIpc) is 2.66. The number of benzene rings is 1. The zero-order chi connectivity index (χ0) is 20.4. The van der Waals surface area contributed by atoms with E-state index in [-0.39, 0.29) is 12.2 Å². The first-order valence-electron chi connectivity index (χ1n) is 8.45. The monoisotopic (exact) mass is 382 g/mol. The van der Waals surface area contributed by atoms with E-state index < -0.39 is 29.2 Å². The van der Waals surface area contributed by atoms with Crippen molar-refractivity contribution in [1.82, 2.24) is 19.4 Å². The molecule has 144 valence electrons. The van der Waals surface area contributed by atoms with Crippen LogP contribution in [0.2, 0.25) is 0 Å². The quantitative estimate of drug-likeness (QED) is 0.651. The standard InChI is InChI=1S/C19H18N4O5/c1-11(24)21-14(18(26)27)9-12-7-8-16(20-10-12)23-17(25)13-5-3-4-6-15(13)22(2)19(23)28/h3-8,10,14H,9H2,1-2H3,(H,21,24)(H,26,27)/t14-/m0/s1. The van der Waals surface area contributed by atoms with Crippen molar-refractivity contribution in [1.29, 1.82) is 0 Å². The molecule has 0 spiro atoms. The number of hydrogen-bond donors (Lipinski definition) is 2. The zero-order valence-corrected chi connectivity index (χ0v) is 15.2. The van der Waals surface area contributed by atoms with Crippen LogP contribution in [0.1, 0.15) is 12.5 Å². The van der Waals surface area contributed by atoms with E-state index in [0.29, 0.717) is 16.5 Å². The average molecular weight is 382 g/mol. The Morgan fingerprint density at radius 1 is 1.18 bits per heavy atom. The van der Waals surface area contributed by atoms with Crippen LogP contribution >= 0.6 is 0 Å². The minimum Gasteiger partial charge on any atom is -0.480 e. The van der Waals surface area contributed by atoms with Crippen LogP contribution in [0.25, 0.3) is 16.7 Å². The van der Waals surface area contributed by atoms with Crippen molar-refractivity contribution >= 4 is 22.8 Å². The molecule has 0 fully saturated rings. The lowest BCUT2D eigenvalue weighted by Gasteiger charge is -2.14. The number of hydrogen-bond acceptors (Lipinski definition) is 5. The lowest BCUT2D eigenvalue weighted by atomic mass is 10.1. The molecule has 0 radical (unpaired) electrons. The summed E-state index contributed by atoms with van der Waals surface area (Å²) in [6, 6.07) is 8.72. The molecule has 2 N–H and O–H groups in total. The molecule has 9 heteroatoms. The van der Waals surface area contributed by atoms with Gasteiger partial charge in [-0.2, -0.15) is 0 Å². The van der Waals surface area contributed by atoms with Crippen molar-refractivity contribution in [3.8, 4) is 5.82 Å². The lowest BCUT2D eigenvalue weighted by Crippen LogP contribution is -2.41. The van der Waals surface area contributed by atoms with Gasteiger partial charge in [0.1, 0.15) is 11.9 Å². The van der Waals surface area contributed by atoms with E-state index in [1.54, 1.807) is 37.4 Å². The van der Waals surface area contributed by atoms with E-state index >= 15 is 0 Å². The molecule has 2 heterocycles. The number of carbonyl (C=O) groups excluding carboxylic acids is 1. The maximum atomic E-state index is 12.8. The second-order valence-corrected chi connectivity index (χ2v) is 6.32. The normalized spacial score (nSPS) is 11.9. The molecule has 0 aliphatic carbocycles. The van der Waals surface area contributed by atoms with Gasteiger partial charge in [-0.15, -0.1) is 0 Å². The summed E-state index contributed by atoms with van der Waals surface area (Å²) in [7, 11) is 1.57. The molecule has 0 saturated carbocycles. The topological polar surface area (TPSA) is 123 Å². The fourth-order valence-corrected chi connectivity index (χ4v) is 2.96. The summed E-state index contributed by atoms with van der Waals surface area (Å²) in [5.41, 5.74) is 0.0340. The maximum absolute atomic E-state index is 12.8. The van der Waals surface area contributed by atoms with E-state index in [4.69, 9.17) is 0 Å². The van der Waals surface area contributed by atoms with Gasteiger partial charge < -0.3 is 10.4 Å². The number of carboxylic acid groups (broad SMARTS) is 1. The van der Waals surface area contributed by atoms with Crippen LogP contribution in [0.3, 0.4) is 0 Å². The van der Waals surface area contributed by atoms with Crippen LogP contribution in [0.5, 0.6) is 0 Å². The summed E-state index contributed by atoms with van der Waals surface area (Å²) in [5, 5.41) is 11.9. The van der Waals surface area contributed by atoms with Gasteiger partial charge in [0.15, 0.2) is 0 Å². The first kappa shape index (κ1) is 19.0. The number of carbonyl (C=O) groups is 2. The third-order valence-electron chi connectivity index (χ3n) is 4.33. The van der Waals surface area contributed by atoms with Gasteiger partial charge in [-0.05, 0) is 23.8 Å². The Bertz CT molecular complexity index is 1180. The number of nitrogens with one attached hydrogen (secondary N) is 1. The van der Waals surface area contributed by atoms with Gasteiger partial charge in [-0.3, -0.25) is 14.2 Å². The number of nitrogens with zero attached hydrogens (tertiary/aromatic N) is 3. The Kier molecular flexibility index (Phi) is 5.08. The van der Waals surface area contributed by atoms with Crippen LogP contribution in [0.4, 0.5) is 0 Å². The summed E-state index contributed by atoms with van der Waals surface area (Å²) in [4.78, 5) is 51.9. The van der Waals surface area contributed by atoms with Gasteiger partial charge >= 0.3 is 11.7 Å². The number of aryl methyl sites for hydroxylation is 1. The zero-order valence-electron chi connectivity index (χ0n) is 15.2. The summed E-state index contributed by atoms with van der Waals surface area (Å²) in [5.74, 6) is -1.49. The van der Waals surface area contributed by atoms with Crippen LogP contribution in [-0.4, -0.2) is 37.1 Å². The number of fused-ring (bicyclic) bond motifs is 1. The fraction of sp³-hybridized carbons (Fsp3) is 0.211. The highest BCUT2D eigenvalue weighted by molar-refractivity contribution is 5.82. The highest BCUT2D eigenvalue weighted by Gasteiger charge is 2.19. The minimum atomic E-state index is -1.17. The first-order valence-corrected chi connectivity index (χ1v) is 8.45. The highest BCUT2D eigenvalue weighted by atomic mass is 16.4. The summed E-state index contributed by atoms with van der Waals surface area (Å²) >= 11 is 0. The van der Waals surface area contributed by atoms with Gasteiger partial charge in [0.2, 0.25) is 5.91 Å². The fourth-order valence-electron chi connectivity index (χ4n) is 2.96. The number of para-hydroxylation sites is 1. The predicted molar refractivity (Wildman–Crippen MR) is 102 cm³/mol. The van der Waals surface area contributed by atoms with Gasteiger partial charge in [0.05, 0.1) is 10.9 Å². The Labute approximate surface area is 158 Å². The number of amides is 1. The molecule has 1 amide bonds. The second-order valence-electron chi connectivity index (χ2n) is 6.32. The minimum absolute atomic E-state index is 0.0207. The molecule has 9 nitrogen and oxygen atoms in total. The largest absolute Gasteiger partial charge is 0.480 e. The Morgan fingerprint density at radius 2 is 1.89 bits per heavy atom. The van der Waals surface area contributed by atoms with Crippen molar-refractivity contribution in [3.63, 3.8) is 0 Å². The summed E-state index contributed by atoms with van der Waals surface area (Å²) in [6.45, 7) is 1.24. The van der Waals surface area contributed by atoms with Crippen molar-refractivity contribution in [3.05, 3.63) is 69.0 Å². The Hall–Kier alpha value is -3.75. The van der Waals surface area contributed by atoms with Crippen molar-refractivity contribution in [2.45, 2.75) is 19.4 Å².